The second kappa shape index (κ2) is 3.91. The fourth-order valence-corrected chi connectivity index (χ4v) is 1.84. The molecule has 0 heterocycles. The van der Waals surface area contributed by atoms with E-state index in [1.54, 1.807) is 6.07 Å². The van der Waals surface area contributed by atoms with Crippen LogP contribution in [0.1, 0.15) is 25.0 Å². The Bertz CT molecular complexity index is 319. The third-order valence-electron chi connectivity index (χ3n) is 2.04. The van der Waals surface area contributed by atoms with Crippen LogP contribution in [-0.4, -0.2) is 10.6 Å². The predicted molar refractivity (Wildman–Crippen MR) is 62.5 cm³/mol. The quantitative estimate of drug-likeness (QED) is 0.856. The maximum absolute atomic E-state index is 9.61. The van der Waals surface area contributed by atoms with Gasteiger partial charge in [-0.25, -0.2) is 0 Å². The molecule has 78 valence electrons. The minimum Gasteiger partial charge on any atom is -0.508 e. The van der Waals surface area contributed by atoms with Gasteiger partial charge in [-0.2, -0.15) is 0 Å². The zero-order valence-corrected chi connectivity index (χ0v) is 10.4. The normalized spacial score (nSPS) is 11.8. The van der Waals surface area contributed by atoms with E-state index in [-0.39, 0.29) is 5.54 Å². The van der Waals surface area contributed by atoms with E-state index >= 15 is 0 Å². The Morgan fingerprint density at radius 1 is 1.43 bits per heavy atom. The van der Waals surface area contributed by atoms with Gasteiger partial charge in [0, 0.05) is 15.6 Å². The smallest absolute Gasteiger partial charge is 0.119 e. The first-order valence-electron chi connectivity index (χ1n) is 4.56. The summed E-state index contributed by atoms with van der Waals surface area (Å²) in [6.45, 7) is 5.81. The van der Waals surface area contributed by atoms with E-state index in [2.05, 4.69) is 15.9 Å². The van der Waals surface area contributed by atoms with Gasteiger partial charge in [0.15, 0.2) is 0 Å². The largest absolute Gasteiger partial charge is 0.508 e. The summed E-state index contributed by atoms with van der Waals surface area (Å²) in [5.74, 6) is 0.318. The van der Waals surface area contributed by atoms with Gasteiger partial charge in [-0.3, -0.25) is 0 Å². The van der Waals surface area contributed by atoms with Crippen LogP contribution in [0.15, 0.2) is 16.6 Å². The molecule has 0 aliphatic rings. The minimum absolute atomic E-state index is 0.249. The Labute approximate surface area is 93.3 Å². The molecule has 0 radical (unpaired) electrons. The molecule has 0 spiro atoms. The number of benzene rings is 1. The van der Waals surface area contributed by atoms with Crippen molar-refractivity contribution < 1.29 is 5.11 Å². The van der Waals surface area contributed by atoms with Crippen LogP contribution in [0.5, 0.6) is 5.75 Å². The second-order valence-corrected chi connectivity index (χ2v) is 5.24. The highest BCUT2D eigenvalue weighted by molar-refractivity contribution is 9.10. The van der Waals surface area contributed by atoms with E-state index in [0.717, 1.165) is 22.0 Å². The van der Waals surface area contributed by atoms with Crippen molar-refractivity contribution in [2.45, 2.75) is 32.7 Å². The molecule has 0 bridgehead atoms. The number of nitrogens with two attached hydrogens (primary N) is 1. The third-order valence-corrected chi connectivity index (χ3v) is 2.86. The van der Waals surface area contributed by atoms with E-state index in [4.69, 9.17) is 5.73 Å². The average Bonchev–Trinajstić information content (AvgIpc) is 1.96. The molecule has 1 aromatic carbocycles. The van der Waals surface area contributed by atoms with Crippen LogP contribution in [0, 0.1) is 6.92 Å². The molecule has 3 N–H and O–H groups in total. The predicted octanol–water partition coefficient (Wildman–Crippen LogP) is 2.74. The zero-order chi connectivity index (χ0) is 10.9. The van der Waals surface area contributed by atoms with Crippen molar-refractivity contribution in [3.8, 4) is 5.75 Å². The molecule has 2 nitrogen and oxygen atoms in total. The maximum Gasteiger partial charge on any atom is 0.119 e. The summed E-state index contributed by atoms with van der Waals surface area (Å²) >= 11 is 3.40. The molecule has 14 heavy (non-hydrogen) atoms. The molecule has 0 unspecified atom stereocenters. The minimum atomic E-state index is -0.249. The van der Waals surface area contributed by atoms with E-state index in [9.17, 15) is 5.11 Å². The molecule has 3 heteroatoms. The number of phenols is 1. The van der Waals surface area contributed by atoms with Crippen molar-refractivity contribution in [3.05, 3.63) is 27.7 Å². The van der Waals surface area contributed by atoms with Crippen molar-refractivity contribution in [1.29, 1.82) is 0 Å². The van der Waals surface area contributed by atoms with Gasteiger partial charge >= 0.3 is 0 Å². The van der Waals surface area contributed by atoms with Crippen LogP contribution in [0.4, 0.5) is 0 Å². The monoisotopic (exact) mass is 257 g/mol. The lowest BCUT2D eigenvalue weighted by Gasteiger charge is -2.19. The molecular formula is C11H16BrNO. The molecule has 0 saturated heterocycles. The van der Waals surface area contributed by atoms with E-state index in [1.807, 2.05) is 26.8 Å². The second-order valence-electron chi connectivity index (χ2n) is 4.39. The number of hydrogen-bond donors (Lipinski definition) is 2. The molecule has 0 fully saturated rings. The van der Waals surface area contributed by atoms with Crippen LogP contribution >= 0.6 is 15.9 Å². The number of halogens is 1. The van der Waals surface area contributed by atoms with E-state index in [1.165, 1.54) is 0 Å². The highest BCUT2D eigenvalue weighted by Gasteiger charge is 2.13. The summed E-state index contributed by atoms with van der Waals surface area (Å²) < 4.78 is 0.928. The Balaban J connectivity index is 3.02. The van der Waals surface area contributed by atoms with Crippen molar-refractivity contribution in [1.82, 2.24) is 0 Å². The van der Waals surface area contributed by atoms with Crippen molar-refractivity contribution in [2.75, 3.05) is 0 Å². The zero-order valence-electron chi connectivity index (χ0n) is 8.76. The summed E-state index contributed by atoms with van der Waals surface area (Å²) in [5.41, 5.74) is 7.57. The highest BCUT2D eigenvalue weighted by Crippen LogP contribution is 2.28. The van der Waals surface area contributed by atoms with Gasteiger partial charge in [-0.15, -0.1) is 0 Å². The first kappa shape index (κ1) is 11.5. The number of phenolic OH excluding ortho intramolecular Hbond substituents is 1. The Morgan fingerprint density at radius 2 is 2.00 bits per heavy atom. The number of aromatic hydroxyl groups is 1. The van der Waals surface area contributed by atoms with Gasteiger partial charge in [0.1, 0.15) is 5.75 Å². The van der Waals surface area contributed by atoms with Crippen LogP contribution in [0.2, 0.25) is 0 Å². The topological polar surface area (TPSA) is 46.2 Å². The van der Waals surface area contributed by atoms with Gasteiger partial charge in [-0.05, 0) is 44.9 Å². The first-order chi connectivity index (χ1) is 6.29. The van der Waals surface area contributed by atoms with Crippen molar-refractivity contribution in [3.63, 3.8) is 0 Å². The molecule has 1 rings (SSSR count). The SMILES string of the molecule is Cc1c(O)cc(CC(C)(C)N)cc1Br. The molecule has 0 aromatic heterocycles. The Hall–Kier alpha value is -0.540. The Kier molecular flexibility index (Phi) is 3.22. The van der Waals surface area contributed by atoms with E-state index in [0.29, 0.717) is 5.75 Å². The summed E-state index contributed by atoms with van der Waals surface area (Å²) in [6, 6.07) is 3.78. The van der Waals surface area contributed by atoms with Gasteiger partial charge in [0.05, 0.1) is 0 Å². The summed E-state index contributed by atoms with van der Waals surface area (Å²) in [7, 11) is 0. The highest BCUT2D eigenvalue weighted by atomic mass is 79.9. The van der Waals surface area contributed by atoms with Crippen molar-refractivity contribution in [2.24, 2.45) is 5.73 Å². The lowest BCUT2D eigenvalue weighted by Crippen LogP contribution is -2.34. The van der Waals surface area contributed by atoms with Crippen molar-refractivity contribution >= 4 is 15.9 Å². The molecule has 0 amide bonds. The lowest BCUT2D eigenvalue weighted by atomic mass is 9.95. The number of hydrogen-bond acceptors (Lipinski definition) is 2. The molecular weight excluding hydrogens is 242 g/mol. The average molecular weight is 258 g/mol. The van der Waals surface area contributed by atoms with Crippen LogP contribution in [-0.2, 0) is 6.42 Å². The van der Waals surface area contributed by atoms with Crippen LogP contribution in [0.25, 0.3) is 0 Å². The summed E-state index contributed by atoms with van der Waals surface area (Å²) in [4.78, 5) is 0. The van der Waals surface area contributed by atoms with Gasteiger partial charge < -0.3 is 10.8 Å². The summed E-state index contributed by atoms with van der Waals surface area (Å²) in [5, 5.41) is 9.61. The maximum atomic E-state index is 9.61. The van der Waals surface area contributed by atoms with Crippen LogP contribution in [0.3, 0.4) is 0 Å². The van der Waals surface area contributed by atoms with Gasteiger partial charge in [-0.1, -0.05) is 15.9 Å². The standard InChI is InChI=1S/C11H16BrNO/c1-7-9(12)4-8(5-10(7)14)6-11(2,3)13/h4-5,14H,6,13H2,1-3H3. The lowest BCUT2D eigenvalue weighted by molar-refractivity contribution is 0.467. The van der Waals surface area contributed by atoms with Crippen LogP contribution < -0.4 is 5.73 Å². The molecule has 0 atom stereocenters. The Morgan fingerprint density at radius 3 is 2.43 bits per heavy atom. The van der Waals surface area contributed by atoms with Gasteiger partial charge in [0.2, 0.25) is 0 Å². The molecule has 0 saturated carbocycles. The molecule has 1 aromatic rings. The van der Waals surface area contributed by atoms with E-state index < -0.39 is 0 Å². The fraction of sp³-hybridized carbons (Fsp3) is 0.455. The molecule has 0 aliphatic heterocycles. The molecule has 0 aliphatic carbocycles. The first-order valence-corrected chi connectivity index (χ1v) is 5.36. The fourth-order valence-electron chi connectivity index (χ4n) is 1.35. The third kappa shape index (κ3) is 3.00. The number of rotatable bonds is 2. The van der Waals surface area contributed by atoms with Gasteiger partial charge in [0.25, 0.3) is 0 Å². The summed E-state index contributed by atoms with van der Waals surface area (Å²) in [6.07, 6.45) is 0.749.